The smallest absolute Gasteiger partial charge is 0.335 e. The first-order chi connectivity index (χ1) is 9.03. The van der Waals surface area contributed by atoms with Gasteiger partial charge < -0.3 is 10.1 Å². The van der Waals surface area contributed by atoms with Crippen molar-refractivity contribution in [1.29, 1.82) is 0 Å². The topological polar surface area (TPSA) is 75.6 Å². The van der Waals surface area contributed by atoms with E-state index >= 15 is 0 Å². The van der Waals surface area contributed by atoms with Gasteiger partial charge in [0.15, 0.2) is 0 Å². The van der Waals surface area contributed by atoms with Crippen molar-refractivity contribution >= 4 is 15.8 Å². The Balaban J connectivity index is 2.19. The van der Waals surface area contributed by atoms with Crippen molar-refractivity contribution in [1.82, 2.24) is 0 Å². The summed E-state index contributed by atoms with van der Waals surface area (Å²) in [5, 5.41) is 0.756. The number of hydrogen-bond donors (Lipinski definition) is 2. The summed E-state index contributed by atoms with van der Waals surface area (Å²) < 4.78 is 38.7. The normalized spacial score (nSPS) is 21.3. The summed E-state index contributed by atoms with van der Waals surface area (Å²) in [4.78, 5) is 0. The molecule has 0 saturated carbocycles. The van der Waals surface area contributed by atoms with Crippen LogP contribution in [0.4, 0.5) is 5.69 Å². The monoisotopic (exact) mass is 277 g/mol. The van der Waals surface area contributed by atoms with Crippen LogP contribution >= 0.6 is 0 Å². The molecule has 2 N–H and O–H groups in total. The van der Waals surface area contributed by atoms with Gasteiger partial charge in [0.2, 0.25) is 0 Å². The molecule has 1 atom stereocenters. The quantitative estimate of drug-likeness (QED) is 0.823. The third-order valence-corrected chi connectivity index (χ3v) is 4.10. The number of benzene rings is 2. The van der Waals surface area contributed by atoms with Gasteiger partial charge in [0.25, 0.3) is 0 Å². The second kappa shape index (κ2) is 3.97. The fraction of sp³-hybridized carbons (Fsp3) is 0.0769. The molecule has 3 rings (SSSR count). The summed E-state index contributed by atoms with van der Waals surface area (Å²) in [6.07, 6.45) is 0. The molecule has 0 aliphatic carbocycles. The Morgan fingerprint density at radius 1 is 1.00 bits per heavy atom. The predicted molar refractivity (Wildman–Crippen MR) is 70.4 cm³/mol. The maximum atomic E-state index is 11.8. The minimum Gasteiger partial charge on any atom is -0.446 e. The molecular formula is C13H11NO4S. The van der Waals surface area contributed by atoms with Crippen LogP contribution in [-0.2, 0) is 15.2 Å². The summed E-state index contributed by atoms with van der Waals surface area (Å²) in [7, 11) is -4.52. The van der Waals surface area contributed by atoms with E-state index in [1.807, 2.05) is 0 Å². The number of nitrogens with one attached hydrogen (secondary N) is 1. The lowest BCUT2D eigenvalue weighted by Gasteiger charge is -2.25. The number of rotatable bonds is 2. The molecule has 5 nitrogen and oxygen atoms in total. The van der Waals surface area contributed by atoms with E-state index in [0.29, 0.717) is 17.0 Å². The van der Waals surface area contributed by atoms with Crippen molar-refractivity contribution < 1.29 is 17.7 Å². The highest BCUT2D eigenvalue weighted by Gasteiger charge is 2.52. The third-order valence-electron chi connectivity index (χ3n) is 2.96. The van der Waals surface area contributed by atoms with Crippen LogP contribution in [0.5, 0.6) is 5.75 Å². The lowest BCUT2D eigenvalue weighted by molar-refractivity contribution is 0.190. The van der Waals surface area contributed by atoms with Crippen LogP contribution in [0.25, 0.3) is 0 Å². The predicted octanol–water partition coefficient (Wildman–Crippen LogP) is 2.19. The lowest BCUT2D eigenvalue weighted by Crippen LogP contribution is -2.44. The first kappa shape index (κ1) is 12.0. The highest BCUT2D eigenvalue weighted by Crippen LogP contribution is 2.44. The van der Waals surface area contributed by atoms with Gasteiger partial charge in [-0.15, -0.1) is 0 Å². The van der Waals surface area contributed by atoms with Crippen molar-refractivity contribution in [2.75, 3.05) is 5.32 Å². The third kappa shape index (κ3) is 1.76. The van der Waals surface area contributed by atoms with Crippen LogP contribution in [0.2, 0.25) is 0 Å². The van der Waals surface area contributed by atoms with Crippen molar-refractivity contribution in [3.8, 4) is 5.75 Å². The van der Waals surface area contributed by atoms with E-state index in [1.54, 1.807) is 54.6 Å². The molecule has 0 fully saturated rings. The molecule has 1 heterocycles. The van der Waals surface area contributed by atoms with Gasteiger partial charge in [-0.05, 0) is 12.1 Å². The second-order valence-electron chi connectivity index (χ2n) is 4.18. The summed E-state index contributed by atoms with van der Waals surface area (Å²) in [5.74, 6) is 0.379. The van der Waals surface area contributed by atoms with Crippen LogP contribution in [0, 0.1) is 0 Å². The molecule has 0 aromatic heterocycles. The maximum absolute atomic E-state index is 11.8. The molecule has 0 saturated heterocycles. The maximum Gasteiger partial charge on any atom is 0.335 e. The zero-order valence-corrected chi connectivity index (χ0v) is 10.6. The Morgan fingerprint density at radius 3 is 2.26 bits per heavy atom. The first-order valence-corrected chi connectivity index (χ1v) is 7.06. The van der Waals surface area contributed by atoms with E-state index in [0.717, 1.165) is 0 Å². The van der Waals surface area contributed by atoms with Crippen LogP contribution in [0.3, 0.4) is 0 Å². The summed E-state index contributed by atoms with van der Waals surface area (Å²) >= 11 is 0. The fourth-order valence-corrected chi connectivity index (χ4v) is 2.94. The van der Waals surface area contributed by atoms with Crippen LogP contribution in [-0.4, -0.2) is 13.0 Å². The van der Waals surface area contributed by atoms with Crippen LogP contribution < -0.4 is 10.1 Å². The van der Waals surface area contributed by atoms with Gasteiger partial charge in [0.1, 0.15) is 5.75 Å². The van der Waals surface area contributed by atoms with E-state index in [-0.39, 0.29) is 0 Å². The molecule has 2 aromatic carbocycles. The number of anilines is 1. The van der Waals surface area contributed by atoms with Crippen LogP contribution in [0.1, 0.15) is 5.56 Å². The SMILES string of the molecule is O=S(=O)(O)C1(c2ccccc2)Nc2ccccc2O1. The van der Waals surface area contributed by atoms with E-state index in [4.69, 9.17) is 4.74 Å². The lowest BCUT2D eigenvalue weighted by atomic mass is 10.2. The fourth-order valence-electron chi connectivity index (χ4n) is 2.07. The summed E-state index contributed by atoms with van der Waals surface area (Å²) in [6, 6.07) is 15.1. The van der Waals surface area contributed by atoms with E-state index in [9.17, 15) is 13.0 Å². The zero-order chi connectivity index (χ0) is 13.5. The standard InChI is InChI=1S/C13H11NO4S/c15-19(16,17)13(10-6-2-1-3-7-10)14-11-8-4-5-9-12(11)18-13/h1-9,14H,(H,15,16,17). The first-order valence-electron chi connectivity index (χ1n) is 5.62. The van der Waals surface area contributed by atoms with Crippen molar-refractivity contribution in [3.63, 3.8) is 0 Å². The summed E-state index contributed by atoms with van der Waals surface area (Å²) in [6.45, 7) is 0. The molecule has 0 bridgehead atoms. The Bertz CT molecular complexity index is 687. The Hall–Kier alpha value is -2.05. The molecule has 1 aliphatic rings. The zero-order valence-electron chi connectivity index (χ0n) is 9.78. The van der Waals surface area contributed by atoms with Gasteiger partial charge >= 0.3 is 15.2 Å². The minimum absolute atomic E-state index is 0.314. The number of fused-ring (bicyclic) bond motifs is 1. The van der Waals surface area contributed by atoms with Gasteiger partial charge in [0, 0.05) is 5.56 Å². The van der Waals surface area contributed by atoms with Crippen molar-refractivity contribution in [3.05, 3.63) is 60.2 Å². The van der Waals surface area contributed by atoms with Crippen molar-refractivity contribution in [2.24, 2.45) is 0 Å². The van der Waals surface area contributed by atoms with E-state index < -0.39 is 15.2 Å². The Labute approximate surface area is 110 Å². The van der Waals surface area contributed by atoms with Gasteiger partial charge in [-0.2, -0.15) is 8.42 Å². The highest BCUT2D eigenvalue weighted by atomic mass is 32.2. The molecule has 2 aromatic rings. The molecule has 1 aliphatic heterocycles. The van der Waals surface area contributed by atoms with E-state index in [2.05, 4.69) is 5.32 Å². The molecule has 0 radical (unpaired) electrons. The van der Waals surface area contributed by atoms with Gasteiger partial charge in [-0.25, -0.2) is 0 Å². The van der Waals surface area contributed by atoms with Gasteiger partial charge in [-0.3, -0.25) is 4.55 Å². The number of hydrogen-bond acceptors (Lipinski definition) is 4. The molecular weight excluding hydrogens is 266 g/mol. The summed E-state index contributed by atoms with van der Waals surface area (Å²) in [5.41, 5.74) is 0.831. The molecule has 19 heavy (non-hydrogen) atoms. The average Bonchev–Trinajstić information content (AvgIpc) is 2.80. The Morgan fingerprint density at radius 2 is 1.63 bits per heavy atom. The largest absolute Gasteiger partial charge is 0.446 e. The highest BCUT2D eigenvalue weighted by molar-refractivity contribution is 7.86. The van der Waals surface area contributed by atoms with E-state index in [1.165, 1.54) is 0 Å². The number of ether oxygens (including phenoxy) is 1. The molecule has 0 spiro atoms. The van der Waals surface area contributed by atoms with Gasteiger partial charge in [0.05, 0.1) is 5.69 Å². The van der Waals surface area contributed by atoms with Gasteiger partial charge in [-0.1, -0.05) is 42.5 Å². The molecule has 98 valence electrons. The second-order valence-corrected chi connectivity index (χ2v) is 5.71. The van der Waals surface area contributed by atoms with Crippen LogP contribution in [0.15, 0.2) is 54.6 Å². The Kier molecular flexibility index (Phi) is 2.51. The minimum atomic E-state index is -4.52. The van der Waals surface area contributed by atoms with Crippen molar-refractivity contribution in [2.45, 2.75) is 5.06 Å². The number of para-hydroxylation sites is 2. The molecule has 6 heteroatoms. The average molecular weight is 277 g/mol. The molecule has 1 unspecified atom stereocenters. The molecule has 0 amide bonds.